The predicted octanol–water partition coefficient (Wildman–Crippen LogP) is 4.25. The van der Waals surface area contributed by atoms with Gasteiger partial charge in [0.25, 0.3) is 0 Å². The number of rotatable bonds is 11. The van der Waals surface area contributed by atoms with E-state index in [0.29, 0.717) is 16.9 Å². The van der Waals surface area contributed by atoms with Crippen molar-refractivity contribution in [3.8, 4) is 0 Å². The van der Waals surface area contributed by atoms with Crippen LogP contribution in [0.15, 0.2) is 95.9 Å². The average Bonchev–Trinajstić information content (AvgIpc) is 2.86. The molecule has 0 radical (unpaired) electrons. The number of Topliss-reactive ketones (excluding diaryl/α,β-unsaturated/α-hetero) is 1. The van der Waals surface area contributed by atoms with E-state index in [4.69, 9.17) is 4.74 Å². The van der Waals surface area contributed by atoms with Crippen LogP contribution in [0.4, 0.5) is 0 Å². The van der Waals surface area contributed by atoms with Gasteiger partial charge >= 0.3 is 5.97 Å². The first kappa shape index (κ1) is 24.7. The molecule has 1 N–H and O–H groups in total. The summed E-state index contributed by atoms with van der Waals surface area (Å²) in [5.74, 6) is -0.661. The third-order valence-electron chi connectivity index (χ3n) is 4.88. The van der Waals surface area contributed by atoms with Crippen LogP contribution in [0.25, 0.3) is 0 Å². The molecule has 0 saturated carbocycles. The Morgan fingerprint density at radius 3 is 2.00 bits per heavy atom. The summed E-state index contributed by atoms with van der Waals surface area (Å²) in [7, 11) is -3.95. The van der Waals surface area contributed by atoms with Crippen LogP contribution in [-0.2, 0) is 19.6 Å². The number of ketones is 1. The molecule has 0 aromatic heterocycles. The highest BCUT2D eigenvalue weighted by Crippen LogP contribution is 2.24. The van der Waals surface area contributed by atoms with E-state index in [9.17, 15) is 18.0 Å². The largest absolute Gasteiger partial charge is 0.448 e. The second kappa shape index (κ2) is 11.8. The molecule has 0 heterocycles. The molecule has 8 heteroatoms. The highest BCUT2D eigenvalue weighted by atomic mass is 32.2. The summed E-state index contributed by atoms with van der Waals surface area (Å²) in [4.78, 5) is 26.4. The molecule has 3 aromatic carbocycles. The van der Waals surface area contributed by atoms with Gasteiger partial charge in [-0.1, -0.05) is 78.9 Å². The van der Waals surface area contributed by atoms with Gasteiger partial charge in [-0.2, -0.15) is 16.5 Å². The zero-order valence-electron chi connectivity index (χ0n) is 18.1. The highest BCUT2D eigenvalue weighted by molar-refractivity contribution is 7.98. The van der Waals surface area contributed by atoms with Crippen LogP contribution in [-0.4, -0.2) is 38.2 Å². The van der Waals surface area contributed by atoms with Crippen LogP contribution in [0.3, 0.4) is 0 Å². The monoisotopic (exact) mass is 483 g/mol. The molecule has 3 aromatic rings. The molecule has 0 amide bonds. The molecule has 33 heavy (non-hydrogen) atoms. The minimum atomic E-state index is -3.95. The molecular formula is C25H25NO5S2. The Kier molecular flexibility index (Phi) is 8.82. The van der Waals surface area contributed by atoms with Gasteiger partial charge < -0.3 is 4.74 Å². The minimum absolute atomic E-state index is 0.0481. The smallest absolute Gasteiger partial charge is 0.325 e. The van der Waals surface area contributed by atoms with Crippen LogP contribution in [0.2, 0.25) is 0 Å². The lowest BCUT2D eigenvalue weighted by Crippen LogP contribution is -2.43. The van der Waals surface area contributed by atoms with Crippen molar-refractivity contribution < 1.29 is 22.7 Å². The maximum absolute atomic E-state index is 13.2. The van der Waals surface area contributed by atoms with Crippen molar-refractivity contribution in [2.45, 2.75) is 23.5 Å². The minimum Gasteiger partial charge on any atom is -0.448 e. The Hall–Kier alpha value is -2.94. The lowest BCUT2D eigenvalue weighted by Gasteiger charge is -2.22. The van der Waals surface area contributed by atoms with Gasteiger partial charge in [-0.05, 0) is 30.6 Å². The van der Waals surface area contributed by atoms with E-state index < -0.39 is 28.1 Å². The number of nitrogens with one attached hydrogen (secondary N) is 1. The maximum Gasteiger partial charge on any atom is 0.325 e. The number of carbonyl (C=O) groups excluding carboxylic acids is 2. The number of sulfonamides is 1. The lowest BCUT2D eigenvalue weighted by atomic mass is 9.99. The van der Waals surface area contributed by atoms with Crippen molar-refractivity contribution in [1.29, 1.82) is 0 Å². The molecule has 2 unspecified atom stereocenters. The average molecular weight is 484 g/mol. The molecular weight excluding hydrogens is 458 g/mol. The topological polar surface area (TPSA) is 89.5 Å². The summed E-state index contributed by atoms with van der Waals surface area (Å²) < 4.78 is 33.8. The molecule has 6 nitrogen and oxygen atoms in total. The number of hydrogen-bond donors (Lipinski definition) is 1. The molecule has 0 fully saturated rings. The Morgan fingerprint density at radius 1 is 0.879 bits per heavy atom. The van der Waals surface area contributed by atoms with E-state index in [1.54, 1.807) is 78.9 Å². The van der Waals surface area contributed by atoms with Crippen molar-refractivity contribution in [1.82, 2.24) is 4.72 Å². The fourth-order valence-electron chi connectivity index (χ4n) is 3.17. The van der Waals surface area contributed by atoms with E-state index in [0.717, 1.165) is 0 Å². The van der Waals surface area contributed by atoms with Crippen molar-refractivity contribution in [3.05, 3.63) is 102 Å². The van der Waals surface area contributed by atoms with Crippen molar-refractivity contribution >= 4 is 33.5 Å². The standard InChI is InChI=1S/C25H25NO5S2/c1-32-18-17-22(26-33(29,30)21-15-9-4-10-16-21)25(28)31-24(20-13-7-3-8-14-20)23(27)19-11-5-2-6-12-19/h2-16,22,24,26H,17-18H2,1H3. The van der Waals surface area contributed by atoms with Gasteiger partial charge in [0.05, 0.1) is 4.90 Å². The number of thioether (sulfide) groups is 1. The Balaban J connectivity index is 1.87. The molecule has 0 aliphatic carbocycles. The van der Waals surface area contributed by atoms with Gasteiger partial charge in [0.1, 0.15) is 6.04 Å². The number of ether oxygens (including phenoxy) is 1. The first-order valence-corrected chi connectivity index (χ1v) is 13.2. The predicted molar refractivity (Wildman–Crippen MR) is 130 cm³/mol. The molecule has 0 bridgehead atoms. The summed E-state index contributed by atoms with van der Waals surface area (Å²) in [6, 6.07) is 23.9. The maximum atomic E-state index is 13.2. The second-order valence-corrected chi connectivity index (χ2v) is 9.93. The van der Waals surface area contributed by atoms with Gasteiger partial charge in [-0.3, -0.25) is 9.59 Å². The third-order valence-corrected chi connectivity index (χ3v) is 7.01. The van der Waals surface area contributed by atoms with Crippen LogP contribution < -0.4 is 4.72 Å². The van der Waals surface area contributed by atoms with Gasteiger partial charge in [0.2, 0.25) is 15.8 Å². The Labute approximate surface area is 198 Å². The van der Waals surface area contributed by atoms with Crippen molar-refractivity contribution in [2.24, 2.45) is 0 Å². The summed E-state index contributed by atoms with van der Waals surface area (Å²) in [5, 5.41) is 0. The third kappa shape index (κ3) is 6.77. The number of benzene rings is 3. The van der Waals surface area contributed by atoms with Crippen molar-refractivity contribution in [3.63, 3.8) is 0 Å². The zero-order chi connectivity index (χ0) is 23.7. The first-order valence-electron chi connectivity index (χ1n) is 10.3. The lowest BCUT2D eigenvalue weighted by molar-refractivity contribution is -0.149. The SMILES string of the molecule is CSCCC(NS(=O)(=O)c1ccccc1)C(=O)OC(C(=O)c1ccccc1)c1ccccc1. The fraction of sp³-hybridized carbons (Fsp3) is 0.200. The number of esters is 1. The van der Waals surface area contributed by atoms with Crippen LogP contribution in [0.1, 0.15) is 28.4 Å². The van der Waals surface area contributed by atoms with Crippen LogP contribution in [0, 0.1) is 0 Å². The number of hydrogen-bond acceptors (Lipinski definition) is 6. The first-order chi connectivity index (χ1) is 15.9. The molecule has 172 valence electrons. The molecule has 0 aliphatic rings. The summed E-state index contributed by atoms with van der Waals surface area (Å²) in [6.07, 6.45) is 0.881. The summed E-state index contributed by atoms with van der Waals surface area (Å²) in [6.45, 7) is 0. The van der Waals surface area contributed by atoms with E-state index in [-0.39, 0.29) is 17.1 Å². The molecule has 0 spiro atoms. The second-order valence-electron chi connectivity index (χ2n) is 7.23. The van der Waals surface area contributed by atoms with Gasteiger partial charge in [0.15, 0.2) is 6.10 Å². The van der Waals surface area contributed by atoms with E-state index >= 15 is 0 Å². The van der Waals surface area contributed by atoms with Crippen LogP contribution in [0.5, 0.6) is 0 Å². The van der Waals surface area contributed by atoms with E-state index in [1.165, 1.54) is 23.9 Å². The molecule has 3 rings (SSSR count). The van der Waals surface area contributed by atoms with Crippen molar-refractivity contribution in [2.75, 3.05) is 12.0 Å². The molecule has 0 aliphatic heterocycles. The zero-order valence-corrected chi connectivity index (χ0v) is 19.7. The highest BCUT2D eigenvalue weighted by Gasteiger charge is 2.32. The normalized spacial score (nSPS) is 13.1. The fourth-order valence-corrected chi connectivity index (χ4v) is 4.88. The molecule has 0 saturated heterocycles. The van der Waals surface area contributed by atoms with Gasteiger partial charge in [0, 0.05) is 11.1 Å². The summed E-state index contributed by atoms with van der Waals surface area (Å²) >= 11 is 1.48. The quantitative estimate of drug-likeness (QED) is 0.324. The number of carbonyl (C=O) groups is 2. The van der Waals surface area contributed by atoms with Gasteiger partial charge in [-0.25, -0.2) is 8.42 Å². The summed E-state index contributed by atoms with van der Waals surface area (Å²) in [5.41, 5.74) is 0.902. The van der Waals surface area contributed by atoms with Gasteiger partial charge in [-0.15, -0.1) is 0 Å². The molecule has 2 atom stereocenters. The Bertz CT molecular complexity index is 1150. The Morgan fingerprint density at radius 2 is 1.42 bits per heavy atom. The van der Waals surface area contributed by atoms with Crippen LogP contribution >= 0.6 is 11.8 Å². The van der Waals surface area contributed by atoms with E-state index in [1.807, 2.05) is 6.26 Å². The van der Waals surface area contributed by atoms with E-state index in [2.05, 4.69) is 4.72 Å².